The van der Waals surface area contributed by atoms with Crippen LogP contribution in [0, 0.1) is 17.6 Å². The van der Waals surface area contributed by atoms with Gasteiger partial charge in [0, 0.05) is 17.9 Å². The third-order valence-corrected chi connectivity index (χ3v) is 4.83. The van der Waals surface area contributed by atoms with Gasteiger partial charge < -0.3 is 21.5 Å². The van der Waals surface area contributed by atoms with Crippen LogP contribution in [-0.2, 0) is 9.53 Å². The van der Waals surface area contributed by atoms with Crippen LogP contribution in [-0.4, -0.2) is 24.7 Å². The molecule has 0 saturated heterocycles. The number of hydrogen-bond donors (Lipinski definition) is 3. The molecule has 1 aliphatic carbocycles. The molecule has 2 rings (SSSR count). The van der Waals surface area contributed by atoms with Gasteiger partial charge in [0.15, 0.2) is 0 Å². The van der Waals surface area contributed by atoms with Crippen LogP contribution >= 0.6 is 0 Å². The van der Waals surface area contributed by atoms with Gasteiger partial charge in [0.05, 0.1) is 11.7 Å². The number of benzene rings is 1. The zero-order valence-corrected chi connectivity index (χ0v) is 16.6. The summed E-state index contributed by atoms with van der Waals surface area (Å²) in [5, 5.41) is 2.75. The molecule has 1 aromatic carbocycles. The highest BCUT2D eigenvalue weighted by molar-refractivity contribution is 5.80. The van der Waals surface area contributed by atoms with Crippen molar-refractivity contribution in [3.05, 3.63) is 52.7 Å². The molecule has 0 heterocycles. The van der Waals surface area contributed by atoms with E-state index in [9.17, 15) is 13.6 Å². The number of nitrogens with two attached hydrogens (primary N) is 2. The molecule has 5 N–H and O–H groups in total. The Kier molecular flexibility index (Phi) is 7.57. The number of nitrogens with one attached hydrogen (secondary N) is 1. The van der Waals surface area contributed by atoms with Gasteiger partial charge in [-0.05, 0) is 55.9 Å². The van der Waals surface area contributed by atoms with Crippen LogP contribution in [0.25, 0.3) is 5.70 Å². The predicted molar refractivity (Wildman–Crippen MR) is 106 cm³/mol. The van der Waals surface area contributed by atoms with Gasteiger partial charge in [-0.2, -0.15) is 0 Å². The lowest BCUT2D eigenvalue weighted by Crippen LogP contribution is -2.41. The standard InChI is InChI=1S/C21H29F2N3O2/c1-4-17(21(27)26-5-2)28-18-10-12(3)9-13(20(18)25)11-16(24)19-14(22)7-6-8-15(19)23/h6-8,11-12,17-18H,4-5,9-10,24-25H2,1-3H3,(H,26,27)/b16-11-/t12?,17-,18?/m0/s1. The summed E-state index contributed by atoms with van der Waals surface area (Å²) in [4.78, 5) is 12.1. The van der Waals surface area contributed by atoms with Gasteiger partial charge in [-0.3, -0.25) is 4.79 Å². The molecule has 0 fully saturated rings. The zero-order valence-electron chi connectivity index (χ0n) is 16.6. The minimum atomic E-state index is -0.730. The van der Waals surface area contributed by atoms with E-state index in [1.54, 1.807) is 0 Å². The van der Waals surface area contributed by atoms with Gasteiger partial charge in [-0.1, -0.05) is 19.9 Å². The first-order chi connectivity index (χ1) is 13.3. The van der Waals surface area contributed by atoms with Crippen LogP contribution in [0.15, 0.2) is 35.5 Å². The molecular weight excluding hydrogens is 364 g/mol. The highest BCUT2D eigenvalue weighted by Crippen LogP contribution is 2.32. The van der Waals surface area contributed by atoms with Crippen LogP contribution < -0.4 is 16.8 Å². The summed E-state index contributed by atoms with van der Waals surface area (Å²) in [6.45, 7) is 6.26. The Labute approximate surface area is 164 Å². The smallest absolute Gasteiger partial charge is 0.249 e. The quantitative estimate of drug-likeness (QED) is 0.663. The normalized spacial score (nSPS) is 21.5. The van der Waals surface area contributed by atoms with Crippen LogP contribution in [0.1, 0.15) is 45.6 Å². The summed E-state index contributed by atoms with van der Waals surface area (Å²) in [6, 6.07) is 3.60. The van der Waals surface area contributed by atoms with Gasteiger partial charge >= 0.3 is 0 Å². The van der Waals surface area contributed by atoms with Crippen molar-refractivity contribution in [3.8, 4) is 0 Å². The van der Waals surface area contributed by atoms with Crippen molar-refractivity contribution in [2.24, 2.45) is 17.4 Å². The summed E-state index contributed by atoms with van der Waals surface area (Å²) in [6.07, 6.45) is 2.22. The first-order valence-corrected chi connectivity index (χ1v) is 9.61. The minimum absolute atomic E-state index is 0.0304. The molecule has 0 spiro atoms. The molecule has 1 amide bonds. The first-order valence-electron chi connectivity index (χ1n) is 9.61. The lowest BCUT2D eigenvalue weighted by Gasteiger charge is -2.32. The van der Waals surface area contributed by atoms with E-state index in [4.69, 9.17) is 16.2 Å². The molecule has 2 unspecified atom stereocenters. The number of carbonyl (C=O) groups excluding carboxylic acids is 1. The largest absolute Gasteiger partial charge is 0.400 e. The summed E-state index contributed by atoms with van der Waals surface area (Å²) in [5.41, 5.74) is 13.1. The number of ether oxygens (including phenoxy) is 1. The van der Waals surface area contributed by atoms with Crippen molar-refractivity contribution in [3.63, 3.8) is 0 Å². The predicted octanol–water partition coefficient (Wildman–Crippen LogP) is 3.21. The number of halogens is 2. The van der Waals surface area contributed by atoms with E-state index < -0.39 is 23.8 Å². The lowest BCUT2D eigenvalue weighted by molar-refractivity contribution is -0.136. The first kappa shape index (κ1) is 21.9. The molecule has 0 bridgehead atoms. The number of allylic oxidation sites excluding steroid dienone is 2. The fourth-order valence-electron chi connectivity index (χ4n) is 3.41. The molecule has 0 aliphatic heterocycles. The molecule has 0 aromatic heterocycles. The molecule has 0 radical (unpaired) electrons. The summed E-state index contributed by atoms with van der Waals surface area (Å²) < 4.78 is 34.0. The molecule has 3 atom stereocenters. The second-order valence-electron chi connectivity index (χ2n) is 7.14. The Morgan fingerprint density at radius 3 is 2.57 bits per heavy atom. The lowest BCUT2D eigenvalue weighted by atomic mass is 9.85. The molecule has 1 aliphatic rings. The van der Waals surface area contributed by atoms with Crippen LogP contribution in [0.3, 0.4) is 0 Å². The Hall–Kier alpha value is -2.41. The van der Waals surface area contributed by atoms with Crippen molar-refractivity contribution in [1.29, 1.82) is 0 Å². The minimum Gasteiger partial charge on any atom is -0.400 e. The summed E-state index contributed by atoms with van der Waals surface area (Å²) >= 11 is 0. The van der Waals surface area contributed by atoms with E-state index in [-0.39, 0.29) is 23.1 Å². The molecule has 1 aromatic rings. The molecule has 28 heavy (non-hydrogen) atoms. The van der Waals surface area contributed by atoms with Gasteiger partial charge in [0.25, 0.3) is 0 Å². The van der Waals surface area contributed by atoms with Gasteiger partial charge in [0.1, 0.15) is 17.7 Å². The van der Waals surface area contributed by atoms with Crippen molar-refractivity contribution >= 4 is 11.6 Å². The SMILES string of the molecule is CCNC(=O)[C@H](CC)OC1CC(C)CC(/C=C(\N)c2c(F)cccc2F)=C1N. The average molecular weight is 393 g/mol. The van der Waals surface area contributed by atoms with E-state index in [2.05, 4.69) is 5.32 Å². The van der Waals surface area contributed by atoms with Crippen molar-refractivity contribution in [2.45, 2.75) is 52.2 Å². The highest BCUT2D eigenvalue weighted by atomic mass is 19.1. The van der Waals surface area contributed by atoms with Crippen molar-refractivity contribution < 1.29 is 18.3 Å². The summed E-state index contributed by atoms with van der Waals surface area (Å²) in [5.74, 6) is -1.42. The van der Waals surface area contributed by atoms with Crippen LogP contribution in [0.5, 0.6) is 0 Å². The number of hydrogen-bond acceptors (Lipinski definition) is 4. The van der Waals surface area contributed by atoms with Crippen molar-refractivity contribution in [2.75, 3.05) is 6.54 Å². The third-order valence-electron chi connectivity index (χ3n) is 4.83. The van der Waals surface area contributed by atoms with Crippen LogP contribution in [0.2, 0.25) is 0 Å². The van der Waals surface area contributed by atoms with Crippen molar-refractivity contribution in [1.82, 2.24) is 5.32 Å². The number of carbonyl (C=O) groups is 1. The Morgan fingerprint density at radius 2 is 2.00 bits per heavy atom. The Morgan fingerprint density at radius 1 is 1.36 bits per heavy atom. The maximum Gasteiger partial charge on any atom is 0.249 e. The molecule has 154 valence electrons. The maximum absolute atomic E-state index is 14.0. The summed E-state index contributed by atoms with van der Waals surface area (Å²) in [7, 11) is 0. The Bertz CT molecular complexity index is 757. The van der Waals surface area contributed by atoms with E-state index in [0.29, 0.717) is 37.1 Å². The topological polar surface area (TPSA) is 90.4 Å². The van der Waals surface area contributed by atoms with E-state index in [1.165, 1.54) is 12.1 Å². The maximum atomic E-state index is 14.0. The fourth-order valence-corrected chi connectivity index (χ4v) is 3.41. The number of amides is 1. The van der Waals surface area contributed by atoms with Crippen LogP contribution in [0.4, 0.5) is 8.78 Å². The monoisotopic (exact) mass is 393 g/mol. The van der Waals surface area contributed by atoms with Gasteiger partial charge in [0.2, 0.25) is 5.91 Å². The zero-order chi connectivity index (χ0) is 20.8. The highest BCUT2D eigenvalue weighted by Gasteiger charge is 2.30. The fraction of sp³-hybridized carbons (Fsp3) is 0.476. The number of rotatable bonds is 7. The second kappa shape index (κ2) is 9.68. The van der Waals surface area contributed by atoms with Gasteiger partial charge in [-0.15, -0.1) is 0 Å². The average Bonchev–Trinajstić information content (AvgIpc) is 2.63. The molecular formula is C21H29F2N3O2. The van der Waals surface area contributed by atoms with E-state index in [0.717, 1.165) is 12.1 Å². The van der Waals surface area contributed by atoms with E-state index >= 15 is 0 Å². The third kappa shape index (κ3) is 5.10. The molecule has 7 heteroatoms. The molecule has 5 nitrogen and oxygen atoms in total. The van der Waals surface area contributed by atoms with Gasteiger partial charge in [-0.25, -0.2) is 8.78 Å². The molecule has 0 saturated carbocycles. The second-order valence-corrected chi connectivity index (χ2v) is 7.14. The number of likely N-dealkylation sites (N-methyl/N-ethyl adjacent to an activating group) is 1. The Balaban J connectivity index is 2.32. The van der Waals surface area contributed by atoms with E-state index in [1.807, 2.05) is 20.8 Å².